The van der Waals surface area contributed by atoms with Crippen LogP contribution in [-0.2, 0) is 6.42 Å². The van der Waals surface area contributed by atoms with E-state index in [9.17, 15) is 9.59 Å². The molecule has 0 bridgehead atoms. The van der Waals surface area contributed by atoms with Crippen molar-refractivity contribution in [2.45, 2.75) is 12.8 Å². The number of aromatic nitrogens is 1. The lowest BCUT2D eigenvalue weighted by atomic mass is 10.0. The minimum atomic E-state index is -0.277. The number of para-hydroxylation sites is 2. The number of benzene rings is 2. The van der Waals surface area contributed by atoms with Gasteiger partial charge in [-0.15, -0.1) is 0 Å². The Morgan fingerprint density at radius 2 is 2.00 bits per heavy atom. The van der Waals surface area contributed by atoms with Crippen LogP contribution in [0.4, 0.5) is 5.69 Å². The van der Waals surface area contributed by atoms with E-state index in [0.717, 1.165) is 24.1 Å². The van der Waals surface area contributed by atoms with E-state index in [2.05, 4.69) is 4.98 Å². The van der Waals surface area contributed by atoms with E-state index < -0.39 is 0 Å². The molecule has 126 valence electrons. The van der Waals surface area contributed by atoms with Crippen molar-refractivity contribution in [1.29, 1.82) is 0 Å². The number of carbonyl (C=O) groups is 1. The maximum absolute atomic E-state index is 13.1. The number of methoxy groups -OCH3 is 1. The lowest BCUT2D eigenvalue weighted by Crippen LogP contribution is -2.38. The van der Waals surface area contributed by atoms with Crippen LogP contribution in [0, 0.1) is 0 Å². The first-order chi connectivity index (χ1) is 12.2. The largest absolute Gasteiger partial charge is 0.495 e. The Hall–Kier alpha value is -3.08. The van der Waals surface area contributed by atoms with Gasteiger partial charge in [0.05, 0.1) is 18.0 Å². The molecule has 1 aliphatic rings. The number of nitrogens with one attached hydrogen (secondary N) is 1. The van der Waals surface area contributed by atoms with E-state index in [1.807, 2.05) is 24.3 Å². The highest BCUT2D eigenvalue weighted by atomic mass is 16.5. The lowest BCUT2D eigenvalue weighted by Gasteiger charge is -2.29. The van der Waals surface area contributed by atoms with Crippen molar-refractivity contribution in [3.63, 3.8) is 0 Å². The molecule has 0 aliphatic carbocycles. The Bertz CT molecular complexity index is 1020. The smallest absolute Gasteiger partial charge is 0.263 e. The second-order valence-corrected chi connectivity index (χ2v) is 6.10. The number of H-pyrrole nitrogens is 1. The van der Waals surface area contributed by atoms with Crippen LogP contribution in [0.25, 0.3) is 10.9 Å². The zero-order chi connectivity index (χ0) is 17.4. The number of aryl methyl sites for hydroxylation is 1. The summed E-state index contributed by atoms with van der Waals surface area (Å²) >= 11 is 0. The third kappa shape index (κ3) is 2.48. The number of rotatable bonds is 2. The summed E-state index contributed by atoms with van der Waals surface area (Å²) in [5, 5.41) is 0.454. The molecule has 5 heteroatoms. The Morgan fingerprint density at radius 1 is 1.16 bits per heavy atom. The molecule has 2 heterocycles. The fourth-order valence-electron chi connectivity index (χ4n) is 3.44. The fourth-order valence-corrected chi connectivity index (χ4v) is 3.44. The van der Waals surface area contributed by atoms with E-state index >= 15 is 0 Å². The van der Waals surface area contributed by atoms with Gasteiger partial charge in [-0.3, -0.25) is 9.59 Å². The Labute approximate surface area is 144 Å². The molecule has 1 N–H and O–H groups in total. The average Bonchev–Trinajstić information content (AvgIpc) is 2.67. The van der Waals surface area contributed by atoms with Crippen molar-refractivity contribution in [3.05, 3.63) is 70.0 Å². The third-order valence-corrected chi connectivity index (χ3v) is 4.68. The van der Waals surface area contributed by atoms with Gasteiger partial charge in [0.2, 0.25) is 5.43 Å². The summed E-state index contributed by atoms with van der Waals surface area (Å²) in [5.41, 5.74) is 2.51. The number of hydrogen-bond donors (Lipinski definition) is 1. The summed E-state index contributed by atoms with van der Waals surface area (Å²) in [7, 11) is 1.55. The predicted molar refractivity (Wildman–Crippen MR) is 97.6 cm³/mol. The molecule has 5 nitrogen and oxygen atoms in total. The normalized spacial score (nSPS) is 13.6. The molecule has 0 saturated heterocycles. The van der Waals surface area contributed by atoms with Crippen LogP contribution in [0.15, 0.2) is 53.5 Å². The average molecular weight is 334 g/mol. The van der Waals surface area contributed by atoms with E-state index in [-0.39, 0.29) is 16.9 Å². The molecule has 0 fully saturated rings. The maximum Gasteiger partial charge on any atom is 0.263 e. The fraction of sp³-hybridized carbons (Fsp3) is 0.200. The van der Waals surface area contributed by atoms with Crippen molar-refractivity contribution >= 4 is 22.5 Å². The zero-order valence-electron chi connectivity index (χ0n) is 13.9. The van der Waals surface area contributed by atoms with Crippen molar-refractivity contribution in [2.75, 3.05) is 18.6 Å². The zero-order valence-corrected chi connectivity index (χ0v) is 13.9. The molecule has 0 atom stereocenters. The van der Waals surface area contributed by atoms with Gasteiger partial charge >= 0.3 is 0 Å². The summed E-state index contributed by atoms with van der Waals surface area (Å²) < 4.78 is 5.28. The molecule has 0 radical (unpaired) electrons. The van der Waals surface area contributed by atoms with Crippen LogP contribution >= 0.6 is 0 Å². The standard InChI is InChI=1S/C20H18N2O3/c1-25-17-10-4-8-14-18(17)21-12-15(19(14)23)20(24)22-11-5-7-13-6-2-3-9-16(13)22/h2-4,6,8-10,12H,5,7,11H2,1H3,(H,21,23). The van der Waals surface area contributed by atoms with Crippen LogP contribution in [0.1, 0.15) is 22.3 Å². The molecule has 0 spiro atoms. The molecule has 4 rings (SSSR count). The summed E-state index contributed by atoms with van der Waals surface area (Å²) in [5.74, 6) is 0.315. The van der Waals surface area contributed by atoms with E-state index in [1.54, 1.807) is 30.2 Å². The summed E-state index contributed by atoms with van der Waals surface area (Å²) in [4.78, 5) is 30.7. The minimum absolute atomic E-state index is 0.150. The molecule has 0 saturated carbocycles. The van der Waals surface area contributed by atoms with Crippen molar-refractivity contribution in [1.82, 2.24) is 4.98 Å². The monoisotopic (exact) mass is 334 g/mol. The molecule has 25 heavy (non-hydrogen) atoms. The summed E-state index contributed by atoms with van der Waals surface area (Å²) in [6, 6.07) is 13.1. The van der Waals surface area contributed by atoms with E-state index in [1.165, 1.54) is 6.20 Å². The number of pyridine rings is 1. The topological polar surface area (TPSA) is 62.4 Å². The van der Waals surface area contributed by atoms with Gasteiger partial charge in [0, 0.05) is 18.4 Å². The van der Waals surface area contributed by atoms with Crippen LogP contribution in [0.5, 0.6) is 5.75 Å². The van der Waals surface area contributed by atoms with E-state index in [4.69, 9.17) is 4.74 Å². The Morgan fingerprint density at radius 3 is 2.84 bits per heavy atom. The predicted octanol–water partition coefficient (Wildman–Crippen LogP) is 3.13. The number of aromatic amines is 1. The molecule has 1 amide bonds. The van der Waals surface area contributed by atoms with Crippen molar-refractivity contribution in [2.24, 2.45) is 0 Å². The summed E-state index contributed by atoms with van der Waals surface area (Å²) in [6.45, 7) is 0.617. The number of nitrogens with zero attached hydrogens (tertiary/aromatic N) is 1. The minimum Gasteiger partial charge on any atom is -0.495 e. The third-order valence-electron chi connectivity index (χ3n) is 4.68. The Kier molecular flexibility index (Phi) is 3.76. The molecule has 0 unspecified atom stereocenters. The van der Waals surface area contributed by atoms with Crippen LogP contribution in [0.3, 0.4) is 0 Å². The number of anilines is 1. The van der Waals surface area contributed by atoms with Crippen molar-refractivity contribution in [3.8, 4) is 5.75 Å². The van der Waals surface area contributed by atoms with Gasteiger partial charge in [0.15, 0.2) is 0 Å². The molecular formula is C20H18N2O3. The van der Waals surface area contributed by atoms with Gasteiger partial charge in [-0.25, -0.2) is 0 Å². The second kappa shape index (κ2) is 6.09. The molecular weight excluding hydrogens is 316 g/mol. The number of hydrogen-bond acceptors (Lipinski definition) is 3. The highest BCUT2D eigenvalue weighted by Crippen LogP contribution is 2.28. The molecule has 1 aromatic heterocycles. The lowest BCUT2D eigenvalue weighted by molar-refractivity contribution is 0.0984. The molecule has 3 aromatic rings. The summed E-state index contributed by atoms with van der Waals surface area (Å²) in [6.07, 6.45) is 3.33. The second-order valence-electron chi connectivity index (χ2n) is 6.10. The van der Waals surface area contributed by atoms with Crippen LogP contribution in [0.2, 0.25) is 0 Å². The number of amides is 1. The van der Waals surface area contributed by atoms with Crippen molar-refractivity contribution < 1.29 is 9.53 Å². The first-order valence-electron chi connectivity index (χ1n) is 8.29. The van der Waals surface area contributed by atoms with Crippen LogP contribution < -0.4 is 15.1 Å². The van der Waals surface area contributed by atoms with E-state index in [0.29, 0.717) is 23.2 Å². The maximum atomic E-state index is 13.1. The number of carbonyl (C=O) groups excluding carboxylic acids is 1. The number of ether oxygens (including phenoxy) is 1. The number of fused-ring (bicyclic) bond motifs is 2. The quantitative estimate of drug-likeness (QED) is 0.783. The first kappa shape index (κ1) is 15.4. The van der Waals surface area contributed by atoms with Gasteiger partial charge in [-0.1, -0.05) is 24.3 Å². The van der Waals surface area contributed by atoms with Gasteiger partial charge in [-0.2, -0.15) is 0 Å². The molecule has 1 aliphatic heterocycles. The Balaban J connectivity index is 1.82. The highest BCUT2D eigenvalue weighted by molar-refractivity contribution is 6.08. The van der Waals surface area contributed by atoms with Gasteiger partial charge < -0.3 is 14.6 Å². The van der Waals surface area contributed by atoms with Gasteiger partial charge in [0.25, 0.3) is 5.91 Å². The molecule has 2 aromatic carbocycles. The first-order valence-corrected chi connectivity index (χ1v) is 8.29. The SMILES string of the molecule is COc1cccc2c(=O)c(C(=O)N3CCCc4ccccc43)c[nH]c12. The highest BCUT2D eigenvalue weighted by Gasteiger charge is 2.25. The van der Waals surface area contributed by atoms with Gasteiger partial charge in [-0.05, 0) is 36.6 Å². The van der Waals surface area contributed by atoms with Crippen LogP contribution in [-0.4, -0.2) is 24.5 Å². The van der Waals surface area contributed by atoms with Gasteiger partial charge in [0.1, 0.15) is 11.3 Å².